The number of aliphatic hydroxyl groups excluding tert-OH is 3. The summed E-state index contributed by atoms with van der Waals surface area (Å²) in [5, 5.41) is 49.6. The van der Waals surface area contributed by atoms with Gasteiger partial charge < -0.3 is 30.6 Å². The highest BCUT2D eigenvalue weighted by Gasteiger charge is 2.35. The molecule has 0 aromatic heterocycles. The van der Waals surface area contributed by atoms with Gasteiger partial charge in [0.25, 0.3) is 0 Å². The average Bonchev–Trinajstić information content (AvgIpc) is 1.83. The Bertz CT molecular complexity index is 96.4. The van der Waals surface area contributed by atoms with Gasteiger partial charge >= 0.3 is 5.97 Å². The van der Waals surface area contributed by atoms with E-state index < -0.39 is 24.8 Å². The molecule has 0 aromatic carbocycles. The molecule has 0 saturated carbocycles. The van der Waals surface area contributed by atoms with Gasteiger partial charge in [0.2, 0.25) is 0 Å². The van der Waals surface area contributed by atoms with Crippen molar-refractivity contribution in [2.24, 2.45) is 0 Å². The van der Waals surface area contributed by atoms with E-state index in [9.17, 15) is 0 Å². The van der Waals surface area contributed by atoms with Gasteiger partial charge in [-0.3, -0.25) is 0 Å². The van der Waals surface area contributed by atoms with Crippen LogP contribution in [0.3, 0.4) is 0 Å². The lowest BCUT2D eigenvalue weighted by Crippen LogP contribution is -2.50. The molecule has 0 aromatic rings. The van der Waals surface area contributed by atoms with Crippen LogP contribution in [0.4, 0.5) is 0 Å². The van der Waals surface area contributed by atoms with Crippen LogP contribution in [-0.2, 0) is 0 Å². The van der Waals surface area contributed by atoms with E-state index in [1.165, 1.54) is 0 Å². The second-order valence-electron chi connectivity index (χ2n) is 1.88. The molecule has 0 aliphatic carbocycles. The van der Waals surface area contributed by atoms with E-state index in [0.29, 0.717) is 0 Å². The lowest BCUT2D eigenvalue weighted by atomic mass is 10.2. The Morgan fingerprint density at radius 1 is 1.10 bits per heavy atom. The van der Waals surface area contributed by atoms with E-state index in [1.54, 1.807) is 0 Å². The van der Waals surface area contributed by atoms with Gasteiger partial charge in [0.15, 0.2) is 6.10 Å². The predicted molar refractivity (Wildman–Crippen MR) is 28.5 cm³/mol. The molecule has 0 rings (SSSR count). The molecule has 0 aliphatic rings. The summed E-state index contributed by atoms with van der Waals surface area (Å²) < 4.78 is 0. The van der Waals surface area contributed by atoms with Crippen LogP contribution in [0.25, 0.3) is 0 Å². The van der Waals surface area contributed by atoms with Gasteiger partial charge in [0, 0.05) is 0 Å². The van der Waals surface area contributed by atoms with Gasteiger partial charge in [0.1, 0.15) is 6.10 Å². The molecule has 0 saturated heterocycles. The van der Waals surface area contributed by atoms with Gasteiger partial charge in [-0.05, 0) is 0 Å². The molecule has 0 fully saturated rings. The Hall–Kier alpha value is -0.240. The van der Waals surface area contributed by atoms with Crippen LogP contribution in [0, 0.1) is 0 Å². The Morgan fingerprint density at radius 3 is 1.60 bits per heavy atom. The maximum atomic E-state index is 8.49. The van der Waals surface area contributed by atoms with Crippen molar-refractivity contribution in [3.8, 4) is 0 Å². The first-order valence-corrected chi connectivity index (χ1v) is 2.53. The molecule has 10 heavy (non-hydrogen) atoms. The maximum absolute atomic E-state index is 8.49. The summed E-state index contributed by atoms with van der Waals surface area (Å²) in [5.41, 5.74) is 0. The normalized spacial score (nSPS) is 18.6. The molecule has 2 unspecified atom stereocenters. The fourth-order valence-electron chi connectivity index (χ4n) is 0.358. The van der Waals surface area contributed by atoms with Crippen molar-refractivity contribution in [1.29, 1.82) is 0 Å². The third-order valence-corrected chi connectivity index (χ3v) is 0.948. The topological polar surface area (TPSA) is 121 Å². The number of hydrogen-bond acceptors (Lipinski definition) is 6. The molecular weight excluding hydrogens is 144 g/mol. The minimum Gasteiger partial charge on any atom is -0.394 e. The molecule has 62 valence electrons. The minimum absolute atomic E-state index is 0.870. The first-order chi connectivity index (χ1) is 4.39. The minimum atomic E-state index is -3.37. The zero-order valence-corrected chi connectivity index (χ0v) is 5.05. The smallest absolute Gasteiger partial charge is 0.305 e. The van der Waals surface area contributed by atoms with Gasteiger partial charge in [-0.1, -0.05) is 0 Å². The van der Waals surface area contributed by atoms with E-state index in [1.807, 2.05) is 0 Å². The third kappa shape index (κ3) is 2.56. The SMILES string of the molecule is OCC(O)C(O)C(O)(O)O. The standard InChI is InChI=1S/C4H10O6/c5-1-2(6)3(7)4(8,9)10/h2-3,5-10H,1H2. The van der Waals surface area contributed by atoms with Crippen molar-refractivity contribution in [1.82, 2.24) is 0 Å². The van der Waals surface area contributed by atoms with Gasteiger partial charge in [0.05, 0.1) is 6.61 Å². The molecular formula is C4H10O6. The molecule has 0 bridgehead atoms. The lowest BCUT2D eigenvalue weighted by Gasteiger charge is -2.23. The van der Waals surface area contributed by atoms with Crippen LogP contribution in [0.15, 0.2) is 0 Å². The van der Waals surface area contributed by atoms with Crippen molar-refractivity contribution in [3.63, 3.8) is 0 Å². The highest BCUT2D eigenvalue weighted by Crippen LogP contribution is 2.05. The van der Waals surface area contributed by atoms with E-state index in [0.717, 1.165) is 0 Å². The molecule has 0 amide bonds. The van der Waals surface area contributed by atoms with Gasteiger partial charge in [-0.25, -0.2) is 0 Å². The summed E-state index contributed by atoms with van der Waals surface area (Å²) in [7, 11) is 0. The highest BCUT2D eigenvalue weighted by atomic mass is 16.7. The lowest BCUT2D eigenvalue weighted by molar-refractivity contribution is -0.367. The summed E-state index contributed by atoms with van der Waals surface area (Å²) in [6.07, 6.45) is -3.97. The van der Waals surface area contributed by atoms with Crippen LogP contribution >= 0.6 is 0 Å². The monoisotopic (exact) mass is 154 g/mol. The summed E-state index contributed by atoms with van der Waals surface area (Å²) in [6.45, 7) is -0.870. The molecule has 0 radical (unpaired) electrons. The first kappa shape index (κ1) is 9.76. The Labute approximate surface area is 56.6 Å². The van der Waals surface area contributed by atoms with Crippen LogP contribution < -0.4 is 0 Å². The van der Waals surface area contributed by atoms with Crippen molar-refractivity contribution >= 4 is 0 Å². The third-order valence-electron chi connectivity index (χ3n) is 0.948. The highest BCUT2D eigenvalue weighted by molar-refractivity contribution is 4.71. The van der Waals surface area contributed by atoms with E-state index in [4.69, 9.17) is 30.6 Å². The van der Waals surface area contributed by atoms with Crippen LogP contribution in [0.1, 0.15) is 0 Å². The fraction of sp³-hybridized carbons (Fsp3) is 1.00. The van der Waals surface area contributed by atoms with Crippen LogP contribution in [0.5, 0.6) is 0 Å². The molecule has 6 nitrogen and oxygen atoms in total. The molecule has 2 atom stereocenters. The van der Waals surface area contributed by atoms with E-state index >= 15 is 0 Å². The molecule has 6 N–H and O–H groups in total. The number of rotatable bonds is 3. The Balaban J connectivity index is 3.94. The van der Waals surface area contributed by atoms with Gasteiger partial charge in [-0.15, -0.1) is 0 Å². The fourth-order valence-corrected chi connectivity index (χ4v) is 0.358. The number of aliphatic hydroxyl groups is 6. The number of hydrogen-bond donors (Lipinski definition) is 6. The molecule has 0 heterocycles. The summed E-state index contributed by atoms with van der Waals surface area (Å²) in [5.74, 6) is -3.37. The molecule has 0 aliphatic heterocycles. The summed E-state index contributed by atoms with van der Waals surface area (Å²) >= 11 is 0. The van der Waals surface area contributed by atoms with Crippen molar-refractivity contribution in [2.75, 3.05) is 6.61 Å². The second kappa shape index (κ2) is 3.24. The van der Waals surface area contributed by atoms with Crippen molar-refractivity contribution in [3.05, 3.63) is 0 Å². The summed E-state index contributed by atoms with van der Waals surface area (Å²) in [4.78, 5) is 0. The Kier molecular flexibility index (Phi) is 3.16. The van der Waals surface area contributed by atoms with E-state index in [2.05, 4.69) is 0 Å². The average molecular weight is 154 g/mol. The van der Waals surface area contributed by atoms with Crippen LogP contribution in [0.2, 0.25) is 0 Å². The molecule has 0 spiro atoms. The maximum Gasteiger partial charge on any atom is 0.305 e. The van der Waals surface area contributed by atoms with Crippen molar-refractivity contribution in [2.45, 2.75) is 18.2 Å². The second-order valence-corrected chi connectivity index (χ2v) is 1.88. The zero-order chi connectivity index (χ0) is 8.36. The predicted octanol–water partition coefficient (Wildman–Crippen LogP) is -3.67. The van der Waals surface area contributed by atoms with Crippen molar-refractivity contribution < 1.29 is 30.6 Å². The van der Waals surface area contributed by atoms with Crippen LogP contribution in [-0.4, -0.2) is 55.4 Å². The van der Waals surface area contributed by atoms with E-state index in [-0.39, 0.29) is 0 Å². The largest absolute Gasteiger partial charge is 0.394 e. The quantitative estimate of drug-likeness (QED) is 0.233. The summed E-state index contributed by atoms with van der Waals surface area (Å²) in [6, 6.07) is 0. The zero-order valence-electron chi connectivity index (χ0n) is 5.05. The Morgan fingerprint density at radius 2 is 1.50 bits per heavy atom. The molecule has 6 heteroatoms. The first-order valence-electron chi connectivity index (χ1n) is 2.53. The van der Waals surface area contributed by atoms with Gasteiger partial charge in [-0.2, -0.15) is 0 Å².